The summed E-state index contributed by atoms with van der Waals surface area (Å²) in [5.41, 5.74) is 1.23. The normalized spacial score (nSPS) is 29.5. The first kappa shape index (κ1) is 9.60. The van der Waals surface area contributed by atoms with Crippen molar-refractivity contribution in [1.82, 2.24) is 10.3 Å². The van der Waals surface area contributed by atoms with E-state index in [2.05, 4.69) is 37.2 Å². The van der Waals surface area contributed by atoms with Crippen LogP contribution >= 0.6 is 15.9 Å². The van der Waals surface area contributed by atoms with Gasteiger partial charge in [-0.1, -0.05) is 0 Å². The van der Waals surface area contributed by atoms with Crippen LogP contribution in [0.25, 0.3) is 0 Å². The van der Waals surface area contributed by atoms with Gasteiger partial charge in [-0.25, -0.2) is 0 Å². The Kier molecular flexibility index (Phi) is 2.41. The molecule has 4 heteroatoms. The second-order valence-electron chi connectivity index (χ2n) is 4.37. The topological polar surface area (TPSA) is 28.2 Å². The highest BCUT2D eigenvalue weighted by atomic mass is 79.9. The van der Waals surface area contributed by atoms with Crippen LogP contribution in [0.5, 0.6) is 0 Å². The average Bonchev–Trinajstić information content (AvgIpc) is 2.20. The number of rotatable bonds is 1. The summed E-state index contributed by atoms with van der Waals surface area (Å²) >= 11 is 3.46. The fraction of sp³-hybridized carbons (Fsp3) is 0.545. The minimum absolute atomic E-state index is 0.706. The fourth-order valence-electron chi connectivity index (χ4n) is 2.43. The lowest BCUT2D eigenvalue weighted by atomic mass is 9.85. The first-order valence-electron chi connectivity index (χ1n) is 5.42. The number of pyridine rings is 1. The molecule has 1 aromatic heterocycles. The van der Waals surface area contributed by atoms with Crippen molar-refractivity contribution in [1.29, 1.82) is 0 Å². The van der Waals surface area contributed by atoms with Crippen molar-refractivity contribution in [3.05, 3.63) is 22.9 Å². The minimum atomic E-state index is 0.706. The quantitative estimate of drug-likeness (QED) is 0.839. The van der Waals surface area contributed by atoms with Gasteiger partial charge in [0.2, 0.25) is 0 Å². The van der Waals surface area contributed by atoms with Crippen molar-refractivity contribution in [2.75, 3.05) is 24.5 Å². The van der Waals surface area contributed by atoms with Crippen LogP contribution in [0.1, 0.15) is 6.42 Å². The summed E-state index contributed by atoms with van der Waals surface area (Å²) in [7, 11) is 0. The maximum Gasteiger partial charge on any atom is 0.0564 e. The molecule has 3 heterocycles. The maximum absolute atomic E-state index is 4.21. The third kappa shape index (κ3) is 1.76. The van der Waals surface area contributed by atoms with E-state index in [0.717, 1.165) is 16.9 Å². The van der Waals surface area contributed by atoms with Gasteiger partial charge in [0.1, 0.15) is 0 Å². The van der Waals surface area contributed by atoms with E-state index < -0.39 is 0 Å². The standard InChI is InChI=1S/C11H14BrN3/c12-9-3-10(6-13-5-9)15-2-1-8-4-14-11(8)7-15/h3,5-6,8,11,14H,1-2,4,7H2/t8-,11-/m1/s1. The van der Waals surface area contributed by atoms with Crippen LogP contribution in [0.2, 0.25) is 0 Å². The van der Waals surface area contributed by atoms with Gasteiger partial charge in [0, 0.05) is 29.8 Å². The minimum Gasteiger partial charge on any atom is -0.369 e. The molecule has 1 aromatic rings. The molecule has 2 aliphatic heterocycles. The number of nitrogens with zero attached hydrogens (tertiary/aromatic N) is 2. The van der Waals surface area contributed by atoms with Gasteiger partial charge >= 0.3 is 0 Å². The molecule has 0 spiro atoms. The van der Waals surface area contributed by atoms with Crippen molar-refractivity contribution < 1.29 is 0 Å². The van der Waals surface area contributed by atoms with E-state index in [-0.39, 0.29) is 0 Å². The molecule has 3 rings (SSSR count). The summed E-state index contributed by atoms with van der Waals surface area (Å²) < 4.78 is 1.06. The zero-order valence-corrected chi connectivity index (χ0v) is 10.1. The average molecular weight is 268 g/mol. The van der Waals surface area contributed by atoms with Crippen LogP contribution < -0.4 is 10.2 Å². The van der Waals surface area contributed by atoms with Crippen LogP contribution in [-0.2, 0) is 0 Å². The molecule has 80 valence electrons. The zero-order chi connectivity index (χ0) is 10.3. The zero-order valence-electron chi connectivity index (χ0n) is 8.49. The number of piperidine rings is 1. The molecule has 3 nitrogen and oxygen atoms in total. The molecular formula is C11H14BrN3. The van der Waals surface area contributed by atoms with Crippen LogP contribution in [0.4, 0.5) is 5.69 Å². The summed E-state index contributed by atoms with van der Waals surface area (Å²) in [6.45, 7) is 3.51. The van der Waals surface area contributed by atoms with Gasteiger partial charge < -0.3 is 10.2 Å². The molecule has 0 unspecified atom stereocenters. The second kappa shape index (κ2) is 3.76. The number of aromatic nitrogens is 1. The van der Waals surface area contributed by atoms with Crippen molar-refractivity contribution in [2.24, 2.45) is 5.92 Å². The first-order valence-corrected chi connectivity index (χ1v) is 6.21. The van der Waals surface area contributed by atoms with Crippen molar-refractivity contribution in [3.8, 4) is 0 Å². The molecule has 0 radical (unpaired) electrons. The van der Waals surface area contributed by atoms with E-state index in [4.69, 9.17) is 0 Å². The Morgan fingerprint density at radius 1 is 1.47 bits per heavy atom. The van der Waals surface area contributed by atoms with Gasteiger partial charge in [-0.05, 0) is 40.9 Å². The Morgan fingerprint density at radius 3 is 3.07 bits per heavy atom. The molecule has 2 atom stereocenters. The predicted octanol–water partition coefficient (Wildman–Crippen LogP) is 1.64. The van der Waals surface area contributed by atoms with Gasteiger partial charge in [-0.15, -0.1) is 0 Å². The van der Waals surface area contributed by atoms with Crippen molar-refractivity contribution in [3.63, 3.8) is 0 Å². The van der Waals surface area contributed by atoms with E-state index in [1.807, 2.05) is 12.4 Å². The van der Waals surface area contributed by atoms with E-state index in [1.54, 1.807) is 0 Å². The van der Waals surface area contributed by atoms with E-state index in [0.29, 0.717) is 6.04 Å². The van der Waals surface area contributed by atoms with E-state index >= 15 is 0 Å². The summed E-state index contributed by atoms with van der Waals surface area (Å²) in [5.74, 6) is 0.918. The first-order chi connectivity index (χ1) is 7.33. The molecule has 2 fully saturated rings. The highest BCUT2D eigenvalue weighted by Gasteiger charge is 2.35. The van der Waals surface area contributed by atoms with Gasteiger partial charge in [0.05, 0.1) is 11.9 Å². The predicted molar refractivity (Wildman–Crippen MR) is 64.0 cm³/mol. The smallest absolute Gasteiger partial charge is 0.0564 e. The van der Waals surface area contributed by atoms with E-state index in [1.165, 1.54) is 25.2 Å². The van der Waals surface area contributed by atoms with Gasteiger partial charge in [0.25, 0.3) is 0 Å². The summed E-state index contributed by atoms with van der Waals surface area (Å²) in [4.78, 5) is 6.63. The van der Waals surface area contributed by atoms with Crippen LogP contribution in [0.15, 0.2) is 22.9 Å². The highest BCUT2D eigenvalue weighted by molar-refractivity contribution is 9.10. The lowest BCUT2D eigenvalue weighted by Gasteiger charge is -2.47. The summed E-state index contributed by atoms with van der Waals surface area (Å²) in [6.07, 6.45) is 5.09. The second-order valence-corrected chi connectivity index (χ2v) is 5.29. The number of hydrogen-bond acceptors (Lipinski definition) is 3. The maximum atomic E-state index is 4.21. The third-order valence-electron chi connectivity index (χ3n) is 3.45. The van der Waals surface area contributed by atoms with Crippen LogP contribution in [0.3, 0.4) is 0 Å². The number of anilines is 1. The largest absolute Gasteiger partial charge is 0.369 e. The Morgan fingerprint density at radius 2 is 2.40 bits per heavy atom. The molecule has 0 aliphatic carbocycles. The molecule has 15 heavy (non-hydrogen) atoms. The van der Waals surface area contributed by atoms with Gasteiger partial charge in [-0.3, -0.25) is 4.98 Å². The molecule has 0 aromatic carbocycles. The Labute approximate surface area is 98.0 Å². The number of nitrogens with one attached hydrogen (secondary N) is 1. The van der Waals surface area contributed by atoms with Gasteiger partial charge in [0.15, 0.2) is 0 Å². The monoisotopic (exact) mass is 267 g/mol. The lowest BCUT2D eigenvalue weighted by Crippen LogP contribution is -2.62. The molecular weight excluding hydrogens is 254 g/mol. The lowest BCUT2D eigenvalue weighted by molar-refractivity contribution is 0.197. The summed E-state index contributed by atoms with van der Waals surface area (Å²) in [6, 6.07) is 2.85. The molecule has 0 saturated carbocycles. The molecule has 0 amide bonds. The molecule has 0 bridgehead atoms. The molecule has 1 N–H and O–H groups in total. The fourth-order valence-corrected chi connectivity index (χ4v) is 2.78. The van der Waals surface area contributed by atoms with Gasteiger partial charge in [-0.2, -0.15) is 0 Å². The van der Waals surface area contributed by atoms with Crippen molar-refractivity contribution >= 4 is 21.6 Å². The molecule has 2 aliphatic rings. The van der Waals surface area contributed by atoms with Crippen LogP contribution in [-0.4, -0.2) is 30.7 Å². The van der Waals surface area contributed by atoms with Crippen LogP contribution in [0, 0.1) is 5.92 Å². The number of halogens is 1. The summed E-state index contributed by atoms with van der Waals surface area (Å²) in [5, 5.41) is 3.49. The van der Waals surface area contributed by atoms with Crippen molar-refractivity contribution in [2.45, 2.75) is 12.5 Å². The Balaban J connectivity index is 1.77. The number of hydrogen-bond donors (Lipinski definition) is 1. The SMILES string of the molecule is Brc1cncc(N2CC[C@@H]3CN[C@@H]3C2)c1. The number of fused-ring (bicyclic) bond motifs is 1. The molecule has 2 saturated heterocycles. The third-order valence-corrected chi connectivity index (χ3v) is 3.89. The van der Waals surface area contributed by atoms with E-state index in [9.17, 15) is 0 Å². The Bertz CT molecular complexity index is 369. The Hall–Kier alpha value is -0.610. The highest BCUT2D eigenvalue weighted by Crippen LogP contribution is 2.28.